The third kappa shape index (κ3) is 4.88. The highest BCUT2D eigenvalue weighted by atomic mass is 32.2. The fourth-order valence-corrected chi connectivity index (χ4v) is 3.72. The van der Waals surface area contributed by atoms with Gasteiger partial charge in [0.05, 0.1) is 5.75 Å². The predicted octanol–water partition coefficient (Wildman–Crippen LogP) is 3.79. The Bertz CT molecular complexity index is 1040. The molecule has 1 heterocycles. The molecule has 0 bridgehead atoms. The van der Waals surface area contributed by atoms with Gasteiger partial charge >= 0.3 is 0 Å². The number of hydrogen-bond donors (Lipinski definition) is 2. The maximum absolute atomic E-state index is 12.5. The highest BCUT2D eigenvalue weighted by Crippen LogP contribution is 2.23. The Morgan fingerprint density at radius 3 is 2.53 bits per heavy atom. The average molecular weight is 424 g/mol. The van der Waals surface area contributed by atoms with E-state index in [2.05, 4.69) is 46.8 Å². The average Bonchev–Trinajstić information content (AvgIpc) is 3.22. The smallest absolute Gasteiger partial charge is 0.251 e. The highest BCUT2D eigenvalue weighted by Gasteiger charge is 2.14. The number of rotatable bonds is 7. The Morgan fingerprint density at radius 2 is 1.87 bits per heavy atom. The van der Waals surface area contributed by atoms with Gasteiger partial charge in [-0.25, -0.2) is 0 Å². The van der Waals surface area contributed by atoms with Gasteiger partial charge in [0.25, 0.3) is 5.91 Å². The lowest BCUT2D eigenvalue weighted by molar-refractivity contribution is -0.113. The molecule has 0 fully saturated rings. The van der Waals surface area contributed by atoms with E-state index in [0.29, 0.717) is 22.3 Å². The second-order valence-corrected chi connectivity index (χ2v) is 8.07. The van der Waals surface area contributed by atoms with Crippen LogP contribution in [0.15, 0.2) is 53.9 Å². The van der Waals surface area contributed by atoms with Crippen LogP contribution < -0.4 is 10.6 Å². The molecule has 8 heteroatoms. The van der Waals surface area contributed by atoms with Crippen molar-refractivity contribution in [2.75, 3.05) is 18.1 Å². The second kappa shape index (κ2) is 9.58. The number of thioether (sulfide) groups is 1. The molecule has 2 aromatic carbocycles. The molecule has 2 N–H and O–H groups in total. The zero-order valence-electron chi connectivity index (χ0n) is 17.5. The molecule has 1 aromatic heterocycles. The molecule has 0 unspecified atom stereocenters. The van der Waals surface area contributed by atoms with E-state index in [1.165, 1.54) is 17.3 Å². The maximum atomic E-state index is 12.5. The quantitative estimate of drug-likeness (QED) is 0.565. The third-order valence-corrected chi connectivity index (χ3v) is 5.71. The number of nitrogens with zero attached hydrogens (tertiary/aromatic N) is 3. The van der Waals surface area contributed by atoms with Crippen molar-refractivity contribution in [1.82, 2.24) is 20.1 Å². The number of carbonyl (C=O) groups is 2. The summed E-state index contributed by atoms with van der Waals surface area (Å²) in [6.07, 6.45) is 1.64. The molecule has 2 amide bonds. The van der Waals surface area contributed by atoms with E-state index >= 15 is 0 Å². The molecular weight excluding hydrogens is 398 g/mol. The topological polar surface area (TPSA) is 88.9 Å². The van der Waals surface area contributed by atoms with Crippen LogP contribution in [-0.4, -0.2) is 39.4 Å². The summed E-state index contributed by atoms with van der Waals surface area (Å²) in [5.41, 5.74) is 4.08. The van der Waals surface area contributed by atoms with E-state index < -0.39 is 0 Å². The van der Waals surface area contributed by atoms with E-state index in [0.717, 1.165) is 11.3 Å². The van der Waals surface area contributed by atoms with Crippen LogP contribution in [0.2, 0.25) is 0 Å². The van der Waals surface area contributed by atoms with Gasteiger partial charge in [-0.05, 0) is 48.2 Å². The Labute approximate surface area is 180 Å². The standard InChI is InChI=1S/C22H25N5O2S/c1-14(2)16-8-10-17(11-9-16)27-13-24-26-22(27)30-12-20(28)25-19-7-5-6-18(15(19)3)21(29)23-4/h5-11,13-14H,12H2,1-4H3,(H,23,29)(H,25,28). The van der Waals surface area contributed by atoms with Crippen molar-refractivity contribution < 1.29 is 9.59 Å². The molecule has 7 nitrogen and oxygen atoms in total. The predicted molar refractivity (Wildman–Crippen MR) is 119 cm³/mol. The number of hydrogen-bond acceptors (Lipinski definition) is 5. The molecule has 0 radical (unpaired) electrons. The summed E-state index contributed by atoms with van der Waals surface area (Å²) in [6, 6.07) is 13.5. The lowest BCUT2D eigenvalue weighted by Crippen LogP contribution is -2.21. The fraction of sp³-hybridized carbons (Fsp3) is 0.273. The molecular formula is C22H25N5O2S. The molecule has 0 atom stereocenters. The number of aromatic nitrogens is 3. The highest BCUT2D eigenvalue weighted by molar-refractivity contribution is 7.99. The summed E-state index contributed by atoms with van der Waals surface area (Å²) >= 11 is 1.31. The summed E-state index contributed by atoms with van der Waals surface area (Å²) in [4.78, 5) is 24.4. The van der Waals surface area contributed by atoms with Gasteiger partial charge in [-0.15, -0.1) is 10.2 Å². The van der Waals surface area contributed by atoms with Crippen molar-refractivity contribution in [3.05, 3.63) is 65.5 Å². The molecule has 156 valence electrons. The molecule has 0 aliphatic heterocycles. The van der Waals surface area contributed by atoms with E-state index in [4.69, 9.17) is 0 Å². The number of amides is 2. The van der Waals surface area contributed by atoms with Gasteiger partial charge in [0.1, 0.15) is 6.33 Å². The van der Waals surface area contributed by atoms with Crippen LogP contribution in [0.3, 0.4) is 0 Å². The molecule has 0 aliphatic carbocycles. The van der Waals surface area contributed by atoms with Crippen molar-refractivity contribution in [3.63, 3.8) is 0 Å². The Kier molecular flexibility index (Phi) is 6.89. The Balaban J connectivity index is 1.67. The first-order valence-electron chi connectivity index (χ1n) is 9.65. The van der Waals surface area contributed by atoms with Gasteiger partial charge in [-0.2, -0.15) is 0 Å². The third-order valence-electron chi connectivity index (χ3n) is 4.77. The number of nitrogens with one attached hydrogen (secondary N) is 2. The Hall–Kier alpha value is -3.13. The SMILES string of the molecule is CNC(=O)c1cccc(NC(=O)CSc2nncn2-c2ccc(C(C)C)cc2)c1C. The minimum Gasteiger partial charge on any atom is -0.355 e. The molecule has 0 saturated heterocycles. The van der Waals surface area contributed by atoms with Gasteiger partial charge in [0.2, 0.25) is 5.91 Å². The van der Waals surface area contributed by atoms with Crippen LogP contribution in [0.5, 0.6) is 0 Å². The van der Waals surface area contributed by atoms with Crippen LogP contribution in [-0.2, 0) is 4.79 Å². The maximum Gasteiger partial charge on any atom is 0.251 e. The van der Waals surface area contributed by atoms with Crippen LogP contribution in [0.1, 0.15) is 41.3 Å². The van der Waals surface area contributed by atoms with Gasteiger partial charge in [0, 0.05) is 24.0 Å². The Morgan fingerprint density at radius 1 is 1.13 bits per heavy atom. The zero-order valence-corrected chi connectivity index (χ0v) is 18.3. The summed E-state index contributed by atoms with van der Waals surface area (Å²) in [5, 5.41) is 14.2. The number of anilines is 1. The van der Waals surface area contributed by atoms with Gasteiger partial charge < -0.3 is 10.6 Å². The van der Waals surface area contributed by atoms with Crippen LogP contribution in [0, 0.1) is 6.92 Å². The van der Waals surface area contributed by atoms with Gasteiger partial charge in [0.15, 0.2) is 5.16 Å². The van der Waals surface area contributed by atoms with Gasteiger partial charge in [-0.1, -0.05) is 43.8 Å². The lowest BCUT2D eigenvalue weighted by Gasteiger charge is -2.12. The van der Waals surface area contributed by atoms with Crippen molar-refractivity contribution in [2.45, 2.75) is 31.8 Å². The fourth-order valence-electron chi connectivity index (χ4n) is 2.99. The summed E-state index contributed by atoms with van der Waals surface area (Å²) in [5.74, 6) is 0.270. The summed E-state index contributed by atoms with van der Waals surface area (Å²) in [6.45, 7) is 6.12. The van der Waals surface area contributed by atoms with Crippen LogP contribution in [0.25, 0.3) is 5.69 Å². The minimum atomic E-state index is -0.186. The van der Waals surface area contributed by atoms with Crippen LogP contribution in [0.4, 0.5) is 5.69 Å². The van der Waals surface area contributed by atoms with Crippen LogP contribution >= 0.6 is 11.8 Å². The van der Waals surface area contributed by atoms with E-state index in [9.17, 15) is 9.59 Å². The van der Waals surface area contributed by atoms with Crippen molar-refractivity contribution in [3.8, 4) is 5.69 Å². The molecule has 0 saturated carbocycles. The second-order valence-electron chi connectivity index (χ2n) is 7.12. The zero-order chi connectivity index (χ0) is 21.7. The number of benzene rings is 2. The molecule has 0 spiro atoms. The first-order chi connectivity index (χ1) is 14.4. The molecule has 3 aromatic rings. The summed E-state index contributed by atoms with van der Waals surface area (Å²) in [7, 11) is 1.58. The van der Waals surface area contributed by atoms with E-state index in [-0.39, 0.29) is 17.6 Å². The normalized spacial score (nSPS) is 10.8. The molecule has 30 heavy (non-hydrogen) atoms. The van der Waals surface area contributed by atoms with Gasteiger partial charge in [-0.3, -0.25) is 14.2 Å². The first kappa shape index (κ1) is 21.6. The van der Waals surface area contributed by atoms with E-state index in [1.54, 1.807) is 31.6 Å². The lowest BCUT2D eigenvalue weighted by atomic mass is 10.0. The minimum absolute atomic E-state index is 0.173. The van der Waals surface area contributed by atoms with Crippen molar-refractivity contribution in [1.29, 1.82) is 0 Å². The summed E-state index contributed by atoms with van der Waals surface area (Å²) < 4.78 is 1.86. The van der Waals surface area contributed by atoms with Crippen molar-refractivity contribution in [2.24, 2.45) is 0 Å². The monoisotopic (exact) mass is 423 g/mol. The molecule has 3 rings (SSSR count). The van der Waals surface area contributed by atoms with E-state index in [1.807, 2.05) is 23.6 Å². The number of carbonyl (C=O) groups excluding carboxylic acids is 2. The van der Waals surface area contributed by atoms with Crippen molar-refractivity contribution >= 4 is 29.3 Å². The largest absolute Gasteiger partial charge is 0.355 e. The first-order valence-corrected chi connectivity index (χ1v) is 10.6. The molecule has 0 aliphatic rings.